The average molecular weight is 260 g/mol. The quantitative estimate of drug-likeness (QED) is 0.482. The van der Waals surface area contributed by atoms with Crippen LogP contribution in [0.15, 0.2) is 30.4 Å². The summed E-state index contributed by atoms with van der Waals surface area (Å²) in [6.07, 6.45) is 4.57. The van der Waals surface area contributed by atoms with Crippen molar-refractivity contribution in [3.05, 3.63) is 46.0 Å². The molecule has 1 aromatic rings. The maximum Gasteiger partial charge on any atom is 0.326 e. The van der Waals surface area contributed by atoms with Crippen molar-refractivity contribution >= 4 is 17.3 Å². The van der Waals surface area contributed by atoms with Crippen LogP contribution >= 0.6 is 0 Å². The van der Waals surface area contributed by atoms with E-state index in [1.54, 1.807) is 6.07 Å². The fraction of sp³-hybridized carbons (Fsp3) is 0.308. The summed E-state index contributed by atoms with van der Waals surface area (Å²) in [7, 11) is 0. The molecule has 6 nitrogen and oxygen atoms in total. The number of hydrogen-bond donors (Lipinski definition) is 2. The van der Waals surface area contributed by atoms with E-state index in [4.69, 9.17) is 0 Å². The van der Waals surface area contributed by atoms with Gasteiger partial charge < -0.3 is 10.4 Å². The summed E-state index contributed by atoms with van der Waals surface area (Å²) >= 11 is 0. The summed E-state index contributed by atoms with van der Waals surface area (Å²) in [4.78, 5) is 21.9. The highest BCUT2D eigenvalue weighted by Crippen LogP contribution is 2.47. The molecule has 1 aliphatic heterocycles. The molecule has 0 saturated heterocycles. The number of carboxylic acids is 1. The number of para-hydroxylation sites is 1. The fourth-order valence-electron chi connectivity index (χ4n) is 3.00. The molecule has 0 unspecified atom stereocenters. The summed E-state index contributed by atoms with van der Waals surface area (Å²) in [5.41, 5.74) is 1.08. The normalized spacial score (nSPS) is 27.3. The van der Waals surface area contributed by atoms with Gasteiger partial charge in [-0.3, -0.25) is 10.1 Å². The number of anilines is 1. The number of hydrogen-bond acceptors (Lipinski definition) is 4. The Morgan fingerprint density at radius 1 is 1.47 bits per heavy atom. The van der Waals surface area contributed by atoms with Crippen LogP contribution in [0, 0.1) is 16.0 Å². The van der Waals surface area contributed by atoms with Gasteiger partial charge in [-0.2, -0.15) is 0 Å². The first-order valence-electron chi connectivity index (χ1n) is 6.03. The first-order chi connectivity index (χ1) is 9.09. The van der Waals surface area contributed by atoms with Gasteiger partial charge >= 0.3 is 5.97 Å². The molecule has 0 aromatic heterocycles. The molecular formula is C13H12N2O4. The predicted molar refractivity (Wildman–Crippen MR) is 68.1 cm³/mol. The Balaban J connectivity index is 2.15. The van der Waals surface area contributed by atoms with Gasteiger partial charge in [0.2, 0.25) is 0 Å². The van der Waals surface area contributed by atoms with E-state index >= 15 is 0 Å². The largest absolute Gasteiger partial charge is 0.480 e. The van der Waals surface area contributed by atoms with Crippen LogP contribution in [0.2, 0.25) is 0 Å². The van der Waals surface area contributed by atoms with E-state index in [2.05, 4.69) is 5.32 Å². The predicted octanol–water partition coefficient (Wildman–Crippen LogP) is 2.13. The number of carboxylic acid groups (broad SMARTS) is 1. The van der Waals surface area contributed by atoms with Crippen molar-refractivity contribution in [2.24, 2.45) is 5.92 Å². The van der Waals surface area contributed by atoms with Gasteiger partial charge in [0.25, 0.3) is 5.69 Å². The topological polar surface area (TPSA) is 92.5 Å². The second-order valence-corrected chi connectivity index (χ2v) is 4.81. The van der Waals surface area contributed by atoms with Crippen molar-refractivity contribution in [2.75, 3.05) is 5.32 Å². The van der Waals surface area contributed by atoms with Gasteiger partial charge in [-0.15, -0.1) is 0 Å². The van der Waals surface area contributed by atoms with Gasteiger partial charge in [0.05, 0.1) is 4.92 Å². The second kappa shape index (κ2) is 4.08. The van der Waals surface area contributed by atoms with Crippen LogP contribution in [0.3, 0.4) is 0 Å². The molecule has 0 radical (unpaired) electrons. The third kappa shape index (κ3) is 1.68. The van der Waals surface area contributed by atoms with E-state index in [1.807, 2.05) is 18.2 Å². The molecule has 1 heterocycles. The summed E-state index contributed by atoms with van der Waals surface area (Å²) in [6, 6.07) is 4.07. The molecule has 0 fully saturated rings. The molecule has 2 N–H and O–H groups in total. The van der Waals surface area contributed by atoms with Crippen molar-refractivity contribution in [3.8, 4) is 0 Å². The molecule has 19 heavy (non-hydrogen) atoms. The van der Waals surface area contributed by atoms with Gasteiger partial charge in [0.15, 0.2) is 0 Å². The second-order valence-electron chi connectivity index (χ2n) is 4.81. The van der Waals surface area contributed by atoms with Gasteiger partial charge in [0.1, 0.15) is 11.7 Å². The molecule has 3 atom stereocenters. The van der Waals surface area contributed by atoms with Gasteiger partial charge in [-0.05, 0) is 12.0 Å². The third-order valence-electron chi connectivity index (χ3n) is 3.84. The summed E-state index contributed by atoms with van der Waals surface area (Å²) < 4.78 is 0. The zero-order valence-corrected chi connectivity index (χ0v) is 9.95. The number of nitro groups is 1. The summed E-state index contributed by atoms with van der Waals surface area (Å²) in [5.74, 6) is -1.10. The lowest BCUT2D eigenvalue weighted by Crippen LogP contribution is -2.42. The number of carbonyl (C=O) groups is 1. The molecule has 6 heteroatoms. The van der Waals surface area contributed by atoms with Gasteiger partial charge in [0, 0.05) is 17.9 Å². The number of benzene rings is 1. The number of nitrogens with one attached hydrogen (secondary N) is 1. The summed E-state index contributed by atoms with van der Waals surface area (Å²) in [5, 5.41) is 23.2. The Morgan fingerprint density at radius 3 is 2.95 bits per heavy atom. The van der Waals surface area contributed by atoms with E-state index in [1.165, 1.54) is 6.07 Å². The number of nitro benzene ring substituents is 1. The van der Waals surface area contributed by atoms with Crippen LogP contribution in [0.4, 0.5) is 11.4 Å². The van der Waals surface area contributed by atoms with Crippen molar-refractivity contribution in [2.45, 2.75) is 18.4 Å². The lowest BCUT2D eigenvalue weighted by atomic mass is 9.79. The molecule has 0 bridgehead atoms. The lowest BCUT2D eigenvalue weighted by molar-refractivity contribution is -0.384. The van der Waals surface area contributed by atoms with Gasteiger partial charge in [-0.25, -0.2) is 4.79 Å². The first-order valence-corrected chi connectivity index (χ1v) is 6.03. The van der Waals surface area contributed by atoms with E-state index in [0.717, 1.165) is 5.56 Å². The van der Waals surface area contributed by atoms with Crippen LogP contribution < -0.4 is 5.32 Å². The molecule has 1 aromatic carbocycles. The average Bonchev–Trinajstić information content (AvgIpc) is 2.85. The molecule has 1 aliphatic carbocycles. The van der Waals surface area contributed by atoms with E-state index < -0.39 is 16.9 Å². The van der Waals surface area contributed by atoms with Crippen LogP contribution in [-0.2, 0) is 4.79 Å². The Labute approximate surface area is 108 Å². The molecular weight excluding hydrogens is 248 g/mol. The standard InChI is InChI=1S/C13H12N2O4/c16-13(17)12-9-4-1-3-7(9)8-5-2-6-10(15(18)19)11(8)14-12/h1-3,5-7,9,12,14H,4H2,(H,16,17)/t7-,9-,12+/m1/s1. The Bertz CT molecular complexity index is 596. The number of rotatable bonds is 2. The van der Waals surface area contributed by atoms with Crippen molar-refractivity contribution < 1.29 is 14.8 Å². The van der Waals surface area contributed by atoms with Crippen LogP contribution in [0.25, 0.3) is 0 Å². The van der Waals surface area contributed by atoms with Crippen LogP contribution in [0.5, 0.6) is 0 Å². The highest BCUT2D eigenvalue weighted by Gasteiger charge is 2.42. The Morgan fingerprint density at radius 2 is 2.26 bits per heavy atom. The van der Waals surface area contributed by atoms with Crippen LogP contribution in [-0.4, -0.2) is 22.0 Å². The number of fused-ring (bicyclic) bond motifs is 3. The van der Waals surface area contributed by atoms with E-state index in [9.17, 15) is 20.0 Å². The molecule has 2 aliphatic rings. The van der Waals surface area contributed by atoms with Crippen molar-refractivity contribution in [3.63, 3.8) is 0 Å². The smallest absolute Gasteiger partial charge is 0.326 e. The summed E-state index contributed by atoms with van der Waals surface area (Å²) in [6.45, 7) is 0. The first kappa shape index (κ1) is 11.7. The fourth-order valence-corrected chi connectivity index (χ4v) is 3.00. The number of allylic oxidation sites excluding steroid dienone is 2. The maximum absolute atomic E-state index is 11.3. The van der Waals surface area contributed by atoms with E-state index in [0.29, 0.717) is 12.1 Å². The Kier molecular flexibility index (Phi) is 2.51. The van der Waals surface area contributed by atoms with Crippen molar-refractivity contribution in [1.29, 1.82) is 0 Å². The number of nitrogens with zero attached hydrogens (tertiary/aromatic N) is 1. The molecule has 0 saturated carbocycles. The lowest BCUT2D eigenvalue weighted by Gasteiger charge is -2.34. The molecule has 0 spiro atoms. The molecule has 98 valence electrons. The Hall–Kier alpha value is -2.37. The highest BCUT2D eigenvalue weighted by atomic mass is 16.6. The monoisotopic (exact) mass is 260 g/mol. The minimum Gasteiger partial charge on any atom is -0.480 e. The minimum absolute atomic E-state index is 0.0581. The van der Waals surface area contributed by atoms with Gasteiger partial charge in [-0.1, -0.05) is 24.3 Å². The molecule has 3 rings (SSSR count). The zero-order chi connectivity index (χ0) is 13.6. The SMILES string of the molecule is O=C(O)[C@H]1Nc2c(cccc2[N+](=O)[O-])[C@H]2C=CC[C@@H]12. The highest BCUT2D eigenvalue weighted by molar-refractivity contribution is 5.83. The van der Waals surface area contributed by atoms with E-state index in [-0.39, 0.29) is 17.5 Å². The third-order valence-corrected chi connectivity index (χ3v) is 3.84. The molecule has 0 amide bonds. The maximum atomic E-state index is 11.3. The zero-order valence-electron chi connectivity index (χ0n) is 9.95. The van der Waals surface area contributed by atoms with Crippen molar-refractivity contribution in [1.82, 2.24) is 0 Å². The number of aliphatic carboxylic acids is 1. The van der Waals surface area contributed by atoms with Crippen LogP contribution in [0.1, 0.15) is 17.9 Å². The minimum atomic E-state index is -0.970.